The number of hydrogen-bond acceptors (Lipinski definition) is 2. The Kier molecular flexibility index (Phi) is 0.383. The van der Waals surface area contributed by atoms with Gasteiger partial charge in [-0.3, -0.25) is 4.84 Å². The van der Waals surface area contributed by atoms with E-state index in [9.17, 15) is 0 Å². The first kappa shape index (κ1) is 2.99. The van der Waals surface area contributed by atoms with Crippen LogP contribution in [0.25, 0.3) is 0 Å². The zero-order valence-electron chi connectivity index (χ0n) is 3.55. The minimum atomic E-state index is 0.546. The maximum Gasteiger partial charge on any atom is 0.154 e. The van der Waals surface area contributed by atoms with Crippen LogP contribution in [0.2, 0.25) is 0 Å². The molecule has 2 atom stereocenters. The summed E-state index contributed by atoms with van der Waals surface area (Å²) in [5.41, 5.74) is 0. The van der Waals surface area contributed by atoms with Gasteiger partial charge in [-0.1, -0.05) is 0 Å². The van der Waals surface area contributed by atoms with Crippen LogP contribution in [0, 0.1) is 0 Å². The molecule has 2 nitrogen and oxygen atoms in total. The minimum Gasteiger partial charge on any atom is -0.275 e. The van der Waals surface area contributed by atoms with E-state index >= 15 is 0 Å². The van der Waals surface area contributed by atoms with Crippen LogP contribution >= 0.6 is 0 Å². The molecule has 0 aromatic rings. The van der Waals surface area contributed by atoms with Crippen LogP contribution in [-0.2, 0) is 4.84 Å². The summed E-state index contributed by atoms with van der Waals surface area (Å²) in [5.74, 6) is 0. The van der Waals surface area contributed by atoms with Crippen LogP contribution in [-0.4, -0.2) is 17.8 Å². The first-order valence-corrected chi connectivity index (χ1v) is 2.40. The van der Waals surface area contributed by atoms with Gasteiger partial charge in [0.25, 0.3) is 0 Å². The van der Waals surface area contributed by atoms with Crippen molar-refractivity contribution in [3.8, 4) is 0 Å². The molecule has 2 unspecified atom stereocenters. The van der Waals surface area contributed by atoms with E-state index in [0.29, 0.717) is 6.23 Å². The fourth-order valence-corrected chi connectivity index (χ4v) is 0.944. The van der Waals surface area contributed by atoms with E-state index in [2.05, 4.69) is 0 Å². The molecule has 34 valence electrons. The Morgan fingerprint density at radius 3 is 2.83 bits per heavy atom. The maximum absolute atomic E-state index is 4.99. The standard InChI is InChI=1S/C4H7NO/c1-2-4-5(3-1)6-4/h4H,1-3H2. The monoisotopic (exact) mass is 85.1 g/mol. The van der Waals surface area contributed by atoms with Gasteiger partial charge < -0.3 is 0 Å². The second kappa shape index (κ2) is 0.768. The Balaban J connectivity index is 2.09. The van der Waals surface area contributed by atoms with E-state index in [0.717, 1.165) is 0 Å². The van der Waals surface area contributed by atoms with Crippen molar-refractivity contribution in [1.82, 2.24) is 5.06 Å². The van der Waals surface area contributed by atoms with Gasteiger partial charge in [-0.25, -0.2) is 0 Å². The average molecular weight is 85.1 g/mol. The third kappa shape index (κ3) is 0.235. The average Bonchev–Trinajstić information content (AvgIpc) is 2.17. The third-order valence-corrected chi connectivity index (χ3v) is 1.36. The molecule has 0 aromatic heterocycles. The van der Waals surface area contributed by atoms with Crippen LogP contribution in [0.1, 0.15) is 12.8 Å². The van der Waals surface area contributed by atoms with Crippen LogP contribution in [0.15, 0.2) is 0 Å². The largest absolute Gasteiger partial charge is 0.275 e. The summed E-state index contributed by atoms with van der Waals surface area (Å²) in [6.45, 7) is 1.17. The summed E-state index contributed by atoms with van der Waals surface area (Å²) in [5, 5.41) is 2.03. The second-order valence-corrected chi connectivity index (χ2v) is 1.84. The van der Waals surface area contributed by atoms with Crippen molar-refractivity contribution in [3.05, 3.63) is 0 Å². The lowest BCUT2D eigenvalue weighted by Crippen LogP contribution is -1.89. The lowest BCUT2D eigenvalue weighted by molar-refractivity contribution is 0.184. The van der Waals surface area contributed by atoms with Gasteiger partial charge in [-0.05, 0) is 12.8 Å². The highest BCUT2D eigenvalue weighted by molar-refractivity contribution is 4.73. The highest BCUT2D eigenvalue weighted by Crippen LogP contribution is 2.31. The Morgan fingerprint density at radius 1 is 1.67 bits per heavy atom. The van der Waals surface area contributed by atoms with E-state index < -0.39 is 0 Å². The van der Waals surface area contributed by atoms with Gasteiger partial charge in [0, 0.05) is 6.54 Å². The fraction of sp³-hybridized carbons (Fsp3) is 1.00. The molecule has 2 aliphatic rings. The van der Waals surface area contributed by atoms with E-state index in [4.69, 9.17) is 4.84 Å². The minimum absolute atomic E-state index is 0.546. The van der Waals surface area contributed by atoms with Crippen LogP contribution in [0.4, 0.5) is 0 Å². The van der Waals surface area contributed by atoms with Crippen molar-refractivity contribution in [2.75, 3.05) is 6.54 Å². The molecular formula is C4H7NO. The van der Waals surface area contributed by atoms with Crippen LogP contribution in [0.5, 0.6) is 0 Å². The summed E-state index contributed by atoms with van der Waals surface area (Å²) in [4.78, 5) is 4.99. The van der Waals surface area contributed by atoms with Crippen LogP contribution in [0.3, 0.4) is 0 Å². The number of hydroxylamine groups is 2. The summed E-state index contributed by atoms with van der Waals surface area (Å²) in [6, 6.07) is 0. The van der Waals surface area contributed by atoms with Gasteiger partial charge in [0.15, 0.2) is 6.23 Å². The SMILES string of the molecule is C1CC2ON2C1. The van der Waals surface area contributed by atoms with Crippen molar-refractivity contribution < 1.29 is 4.84 Å². The Morgan fingerprint density at radius 2 is 2.67 bits per heavy atom. The molecule has 0 N–H and O–H groups in total. The van der Waals surface area contributed by atoms with Gasteiger partial charge in [-0.2, -0.15) is 5.06 Å². The van der Waals surface area contributed by atoms with E-state index in [1.807, 2.05) is 5.06 Å². The summed E-state index contributed by atoms with van der Waals surface area (Å²) in [6.07, 6.45) is 3.15. The van der Waals surface area contributed by atoms with Gasteiger partial charge in [0.05, 0.1) is 0 Å². The molecule has 2 heteroatoms. The molecule has 2 rings (SSSR count). The van der Waals surface area contributed by atoms with Gasteiger partial charge in [0.1, 0.15) is 0 Å². The lowest BCUT2D eigenvalue weighted by Gasteiger charge is -1.81. The summed E-state index contributed by atoms with van der Waals surface area (Å²) in [7, 11) is 0. The molecule has 0 aromatic carbocycles. The molecule has 2 aliphatic heterocycles. The van der Waals surface area contributed by atoms with Crippen molar-refractivity contribution in [2.24, 2.45) is 0 Å². The fourth-order valence-electron chi connectivity index (χ4n) is 0.944. The predicted molar refractivity (Wildman–Crippen MR) is 20.8 cm³/mol. The Bertz CT molecular complexity index is 65.9. The molecule has 2 fully saturated rings. The lowest BCUT2D eigenvalue weighted by atomic mass is 10.4. The van der Waals surface area contributed by atoms with Crippen molar-refractivity contribution >= 4 is 0 Å². The summed E-state index contributed by atoms with van der Waals surface area (Å²) >= 11 is 0. The topological polar surface area (TPSA) is 15.5 Å². The van der Waals surface area contributed by atoms with Crippen molar-refractivity contribution in [3.63, 3.8) is 0 Å². The highest BCUT2D eigenvalue weighted by atomic mass is 16.8. The van der Waals surface area contributed by atoms with E-state index in [1.165, 1.54) is 19.4 Å². The molecule has 0 bridgehead atoms. The molecule has 0 aliphatic carbocycles. The number of nitrogens with zero attached hydrogens (tertiary/aromatic N) is 1. The van der Waals surface area contributed by atoms with E-state index in [-0.39, 0.29) is 0 Å². The molecule has 2 saturated heterocycles. The zero-order valence-corrected chi connectivity index (χ0v) is 3.55. The normalized spacial score (nSPS) is 52.0. The van der Waals surface area contributed by atoms with Gasteiger partial charge in [0.2, 0.25) is 0 Å². The molecule has 6 heavy (non-hydrogen) atoms. The molecule has 2 heterocycles. The number of rotatable bonds is 0. The third-order valence-electron chi connectivity index (χ3n) is 1.36. The first-order chi connectivity index (χ1) is 2.97. The highest BCUT2D eigenvalue weighted by Gasteiger charge is 2.40. The smallest absolute Gasteiger partial charge is 0.154 e. The molecule has 0 amide bonds. The molecule has 0 radical (unpaired) electrons. The van der Waals surface area contributed by atoms with E-state index in [1.54, 1.807) is 0 Å². The van der Waals surface area contributed by atoms with Gasteiger partial charge >= 0.3 is 0 Å². The maximum atomic E-state index is 4.99. The number of fused-ring (bicyclic) bond motifs is 1. The molecule has 0 spiro atoms. The number of hydrogen-bond donors (Lipinski definition) is 0. The molecular weight excluding hydrogens is 78.0 g/mol. The Labute approximate surface area is 36.6 Å². The zero-order chi connectivity index (χ0) is 3.98. The summed E-state index contributed by atoms with van der Waals surface area (Å²) < 4.78 is 0. The predicted octanol–water partition coefficient (Wildman–Crippen LogP) is 0.354. The Hall–Kier alpha value is -0.0800. The quantitative estimate of drug-likeness (QED) is 0.394. The first-order valence-electron chi connectivity index (χ1n) is 2.40. The second-order valence-electron chi connectivity index (χ2n) is 1.84. The van der Waals surface area contributed by atoms with Gasteiger partial charge in [-0.15, -0.1) is 0 Å². The van der Waals surface area contributed by atoms with Crippen molar-refractivity contribution in [1.29, 1.82) is 0 Å². The van der Waals surface area contributed by atoms with Crippen LogP contribution < -0.4 is 0 Å². The molecule has 0 saturated carbocycles. The van der Waals surface area contributed by atoms with Crippen molar-refractivity contribution in [2.45, 2.75) is 19.1 Å².